The highest BCUT2D eigenvalue weighted by molar-refractivity contribution is 6.29. The molecule has 0 saturated carbocycles. The number of halogens is 1. The van der Waals surface area contributed by atoms with E-state index in [1.54, 1.807) is 12.3 Å². The largest absolute Gasteiger partial charge is 0.384 e. The van der Waals surface area contributed by atoms with E-state index in [0.29, 0.717) is 17.8 Å². The van der Waals surface area contributed by atoms with Crippen LogP contribution in [0.2, 0.25) is 5.15 Å². The molecule has 18 heavy (non-hydrogen) atoms. The Morgan fingerprint density at radius 1 is 1.44 bits per heavy atom. The van der Waals surface area contributed by atoms with Gasteiger partial charge in [-0.1, -0.05) is 11.6 Å². The van der Waals surface area contributed by atoms with E-state index in [9.17, 15) is 4.79 Å². The summed E-state index contributed by atoms with van der Waals surface area (Å²) in [6, 6.07) is 4.63. The minimum Gasteiger partial charge on any atom is -0.384 e. The highest BCUT2D eigenvalue weighted by Crippen LogP contribution is 2.12. The first-order valence-electron chi connectivity index (χ1n) is 5.11. The molecule has 0 atom stereocenters. The van der Waals surface area contributed by atoms with Crippen molar-refractivity contribution in [3.8, 4) is 0 Å². The number of nitrogen functional groups attached to an aromatic ring is 1. The Balaban J connectivity index is 2.04. The number of aromatic nitrogens is 3. The van der Waals surface area contributed by atoms with Gasteiger partial charge in [0.25, 0.3) is 5.91 Å². The molecule has 0 fully saturated rings. The number of nitrogens with two attached hydrogens (primary N) is 1. The summed E-state index contributed by atoms with van der Waals surface area (Å²) in [6.07, 6.45) is 3.03. The van der Waals surface area contributed by atoms with Crippen molar-refractivity contribution in [1.82, 2.24) is 20.3 Å². The number of amides is 1. The van der Waals surface area contributed by atoms with E-state index in [4.69, 9.17) is 17.3 Å². The molecule has 0 radical (unpaired) electrons. The van der Waals surface area contributed by atoms with Gasteiger partial charge in [0.05, 0.1) is 12.2 Å². The molecule has 7 heteroatoms. The Morgan fingerprint density at radius 3 is 2.94 bits per heavy atom. The van der Waals surface area contributed by atoms with Crippen LogP contribution < -0.4 is 11.1 Å². The van der Waals surface area contributed by atoms with Gasteiger partial charge in [-0.25, -0.2) is 15.0 Å². The lowest BCUT2D eigenvalue weighted by Crippen LogP contribution is -2.23. The van der Waals surface area contributed by atoms with Crippen LogP contribution in [-0.4, -0.2) is 20.9 Å². The third kappa shape index (κ3) is 3.14. The molecule has 0 aliphatic carbocycles. The van der Waals surface area contributed by atoms with E-state index in [1.165, 1.54) is 18.5 Å². The standard InChI is InChI=1S/C11H10ClN5O/c12-9-3-7(4-10(13)17-9)11(18)15-5-8-1-2-14-6-16-8/h1-4,6H,5H2,(H2,13,17)(H,15,18). The molecule has 0 spiro atoms. The topological polar surface area (TPSA) is 93.8 Å². The van der Waals surface area contributed by atoms with Gasteiger partial charge >= 0.3 is 0 Å². The van der Waals surface area contributed by atoms with Crippen LogP contribution in [-0.2, 0) is 6.54 Å². The minimum absolute atomic E-state index is 0.183. The Labute approximate surface area is 108 Å². The maximum atomic E-state index is 11.8. The van der Waals surface area contributed by atoms with Crippen LogP contribution in [0.15, 0.2) is 30.7 Å². The Kier molecular flexibility index (Phi) is 3.69. The molecule has 6 nitrogen and oxygen atoms in total. The smallest absolute Gasteiger partial charge is 0.251 e. The molecule has 0 unspecified atom stereocenters. The number of anilines is 1. The van der Waals surface area contributed by atoms with E-state index in [1.807, 2.05) is 0 Å². The van der Waals surface area contributed by atoms with Crippen molar-refractivity contribution in [2.75, 3.05) is 5.73 Å². The van der Waals surface area contributed by atoms with E-state index in [2.05, 4.69) is 20.3 Å². The van der Waals surface area contributed by atoms with Gasteiger partial charge in [0.2, 0.25) is 0 Å². The number of nitrogens with one attached hydrogen (secondary N) is 1. The highest BCUT2D eigenvalue weighted by Gasteiger charge is 2.08. The third-order valence-electron chi connectivity index (χ3n) is 2.15. The average molecular weight is 264 g/mol. The van der Waals surface area contributed by atoms with E-state index < -0.39 is 0 Å². The van der Waals surface area contributed by atoms with Gasteiger partial charge in [0.1, 0.15) is 17.3 Å². The predicted molar refractivity (Wildman–Crippen MR) is 66.9 cm³/mol. The molecule has 2 rings (SSSR count). The normalized spacial score (nSPS) is 10.1. The predicted octanol–water partition coefficient (Wildman–Crippen LogP) is 1.04. The first kappa shape index (κ1) is 12.3. The third-order valence-corrected chi connectivity index (χ3v) is 2.34. The average Bonchev–Trinajstić information content (AvgIpc) is 2.36. The van der Waals surface area contributed by atoms with Crippen LogP contribution in [0.25, 0.3) is 0 Å². The molecule has 2 aromatic rings. The molecular weight excluding hydrogens is 254 g/mol. The lowest BCUT2D eigenvalue weighted by Gasteiger charge is -2.05. The second-order valence-corrected chi connectivity index (χ2v) is 3.87. The van der Waals surface area contributed by atoms with Gasteiger partial charge in [-0.15, -0.1) is 0 Å². The Bertz CT molecular complexity index is 540. The van der Waals surface area contributed by atoms with Gasteiger partial charge < -0.3 is 11.1 Å². The number of rotatable bonds is 3. The fourth-order valence-corrected chi connectivity index (χ4v) is 1.56. The number of nitrogens with zero attached hydrogens (tertiary/aromatic N) is 3. The van der Waals surface area contributed by atoms with Gasteiger partial charge in [0, 0.05) is 11.8 Å². The maximum Gasteiger partial charge on any atom is 0.251 e. The molecule has 0 aromatic carbocycles. The molecule has 0 bridgehead atoms. The zero-order valence-electron chi connectivity index (χ0n) is 9.30. The summed E-state index contributed by atoms with van der Waals surface area (Å²) in [5.74, 6) is -0.0840. The maximum absolute atomic E-state index is 11.8. The second kappa shape index (κ2) is 5.42. The number of pyridine rings is 1. The Morgan fingerprint density at radius 2 is 2.28 bits per heavy atom. The van der Waals surface area contributed by atoms with Gasteiger partial charge in [-0.2, -0.15) is 0 Å². The van der Waals surface area contributed by atoms with E-state index in [-0.39, 0.29) is 16.9 Å². The summed E-state index contributed by atoms with van der Waals surface area (Å²) >= 11 is 5.72. The van der Waals surface area contributed by atoms with Crippen LogP contribution in [0.1, 0.15) is 16.1 Å². The summed E-state index contributed by atoms with van der Waals surface area (Å²) in [7, 11) is 0. The SMILES string of the molecule is Nc1cc(C(=O)NCc2ccncn2)cc(Cl)n1. The second-order valence-electron chi connectivity index (χ2n) is 3.49. The van der Waals surface area contributed by atoms with Gasteiger partial charge in [0.15, 0.2) is 0 Å². The molecule has 3 N–H and O–H groups in total. The van der Waals surface area contributed by atoms with Gasteiger partial charge in [-0.3, -0.25) is 4.79 Å². The molecular formula is C11H10ClN5O. The number of hydrogen-bond acceptors (Lipinski definition) is 5. The van der Waals surface area contributed by atoms with Crippen LogP contribution in [0.3, 0.4) is 0 Å². The highest BCUT2D eigenvalue weighted by atomic mass is 35.5. The molecule has 0 aliphatic rings. The molecule has 0 saturated heterocycles. The van der Waals surface area contributed by atoms with Crippen LogP contribution in [0.5, 0.6) is 0 Å². The summed E-state index contributed by atoms with van der Waals surface area (Å²) < 4.78 is 0. The van der Waals surface area contributed by atoms with Crippen molar-refractivity contribution < 1.29 is 4.79 Å². The van der Waals surface area contributed by atoms with Crippen LogP contribution >= 0.6 is 11.6 Å². The first-order valence-corrected chi connectivity index (χ1v) is 5.49. The molecule has 1 amide bonds. The molecule has 2 aromatic heterocycles. The fraction of sp³-hybridized carbons (Fsp3) is 0.0909. The molecule has 2 heterocycles. The number of hydrogen-bond donors (Lipinski definition) is 2. The molecule has 92 valence electrons. The van der Waals surface area contributed by atoms with Crippen LogP contribution in [0, 0.1) is 0 Å². The lowest BCUT2D eigenvalue weighted by atomic mass is 10.2. The van der Waals surface area contributed by atoms with E-state index >= 15 is 0 Å². The summed E-state index contributed by atoms with van der Waals surface area (Å²) in [5, 5.41) is 2.88. The van der Waals surface area contributed by atoms with Crippen molar-refractivity contribution >= 4 is 23.3 Å². The van der Waals surface area contributed by atoms with Crippen LogP contribution in [0.4, 0.5) is 5.82 Å². The zero-order chi connectivity index (χ0) is 13.0. The fourth-order valence-electron chi connectivity index (χ4n) is 1.34. The summed E-state index contributed by atoms with van der Waals surface area (Å²) in [6.45, 7) is 0.307. The zero-order valence-corrected chi connectivity index (χ0v) is 10.1. The molecule has 0 aliphatic heterocycles. The first-order chi connectivity index (χ1) is 8.65. The summed E-state index contributed by atoms with van der Waals surface area (Å²) in [4.78, 5) is 23.4. The van der Waals surface area contributed by atoms with Crippen molar-refractivity contribution in [1.29, 1.82) is 0 Å². The van der Waals surface area contributed by atoms with E-state index in [0.717, 1.165) is 0 Å². The number of carbonyl (C=O) groups is 1. The number of carbonyl (C=O) groups excluding carboxylic acids is 1. The summed E-state index contributed by atoms with van der Waals surface area (Å²) in [5.41, 5.74) is 6.59. The van der Waals surface area contributed by atoms with Gasteiger partial charge in [-0.05, 0) is 18.2 Å². The monoisotopic (exact) mass is 263 g/mol. The minimum atomic E-state index is -0.287. The lowest BCUT2D eigenvalue weighted by molar-refractivity contribution is 0.0950. The van der Waals surface area contributed by atoms with Crippen molar-refractivity contribution in [2.24, 2.45) is 0 Å². The van der Waals surface area contributed by atoms with Crippen molar-refractivity contribution in [3.63, 3.8) is 0 Å². The van der Waals surface area contributed by atoms with Crippen molar-refractivity contribution in [2.45, 2.75) is 6.54 Å². The van der Waals surface area contributed by atoms with Crippen molar-refractivity contribution in [3.05, 3.63) is 47.1 Å². The Hall–Kier alpha value is -2.21. The quantitative estimate of drug-likeness (QED) is 0.807.